The lowest BCUT2D eigenvalue weighted by Crippen LogP contribution is -2.37. The van der Waals surface area contributed by atoms with Crippen molar-refractivity contribution in [3.8, 4) is 0 Å². The number of likely N-dealkylation sites (N-methyl/N-ethyl adjacent to an activating group) is 1. The summed E-state index contributed by atoms with van der Waals surface area (Å²) in [6, 6.07) is 2.74. The average molecular weight is 249 g/mol. The van der Waals surface area contributed by atoms with E-state index in [9.17, 15) is 0 Å². The van der Waals surface area contributed by atoms with Gasteiger partial charge < -0.3 is 5.32 Å². The topological polar surface area (TPSA) is 29.9 Å². The number of hydrogen-bond donors (Lipinski definition) is 1. The summed E-state index contributed by atoms with van der Waals surface area (Å²) in [6.45, 7) is 2.33. The van der Waals surface area contributed by atoms with Crippen LogP contribution in [0.2, 0.25) is 0 Å². The van der Waals surface area contributed by atoms with E-state index in [1.54, 1.807) is 0 Å². The largest absolute Gasteiger partial charge is 0.316 e. The molecule has 0 bridgehead atoms. The zero-order valence-corrected chi connectivity index (χ0v) is 12.0. The van der Waals surface area contributed by atoms with E-state index in [-0.39, 0.29) is 0 Å². The Morgan fingerprint density at radius 1 is 1.39 bits per heavy atom. The maximum Gasteiger partial charge on any atom is 0.0640 e. The summed E-state index contributed by atoms with van der Waals surface area (Å²) in [5.41, 5.74) is 1.22. The molecule has 1 atom stereocenters. The molecule has 1 aromatic rings. The Hall–Kier alpha value is -0.830. The second-order valence-corrected chi connectivity index (χ2v) is 5.77. The van der Waals surface area contributed by atoms with Crippen LogP contribution >= 0.6 is 0 Å². The molecule has 0 amide bonds. The van der Waals surface area contributed by atoms with Crippen LogP contribution < -0.4 is 5.32 Å². The van der Waals surface area contributed by atoms with Gasteiger partial charge in [-0.05, 0) is 37.8 Å². The summed E-state index contributed by atoms with van der Waals surface area (Å²) >= 11 is 0. The van der Waals surface area contributed by atoms with E-state index in [0.717, 1.165) is 18.3 Å². The van der Waals surface area contributed by atoms with E-state index in [1.807, 2.05) is 17.9 Å². The van der Waals surface area contributed by atoms with Crippen molar-refractivity contribution in [2.75, 3.05) is 7.05 Å². The number of nitrogens with one attached hydrogen (secondary N) is 1. The Bertz CT molecular complexity index is 350. The first-order valence-electron chi connectivity index (χ1n) is 7.38. The van der Waals surface area contributed by atoms with Gasteiger partial charge >= 0.3 is 0 Å². The highest BCUT2D eigenvalue weighted by atomic mass is 15.2. The van der Waals surface area contributed by atoms with Crippen LogP contribution in [0.5, 0.6) is 0 Å². The highest BCUT2D eigenvalue weighted by molar-refractivity contribution is 5.02. The molecule has 1 aliphatic carbocycles. The molecule has 0 aliphatic heterocycles. The fraction of sp³-hybridized carbons (Fsp3) is 0.800. The minimum atomic E-state index is 0.595. The van der Waals surface area contributed by atoms with Crippen LogP contribution in [0, 0.1) is 11.8 Å². The lowest BCUT2D eigenvalue weighted by molar-refractivity contribution is 0.221. The van der Waals surface area contributed by atoms with Crippen molar-refractivity contribution in [1.82, 2.24) is 15.1 Å². The average Bonchev–Trinajstić information content (AvgIpc) is 2.82. The number of rotatable bonds is 5. The molecule has 1 saturated carbocycles. The van der Waals surface area contributed by atoms with Crippen molar-refractivity contribution in [1.29, 1.82) is 0 Å². The van der Waals surface area contributed by atoms with Crippen LogP contribution in [0.1, 0.15) is 44.7 Å². The molecule has 0 radical (unpaired) electrons. The van der Waals surface area contributed by atoms with E-state index in [1.165, 1.54) is 37.8 Å². The van der Waals surface area contributed by atoms with Gasteiger partial charge in [0.1, 0.15) is 0 Å². The summed E-state index contributed by atoms with van der Waals surface area (Å²) < 4.78 is 1.90. The number of nitrogens with zero attached hydrogens (tertiary/aromatic N) is 2. The van der Waals surface area contributed by atoms with E-state index >= 15 is 0 Å². The van der Waals surface area contributed by atoms with Crippen molar-refractivity contribution in [2.45, 2.75) is 51.5 Å². The Morgan fingerprint density at radius 2 is 2.11 bits per heavy atom. The van der Waals surface area contributed by atoms with Crippen LogP contribution in [0.25, 0.3) is 0 Å². The molecule has 1 fully saturated rings. The minimum Gasteiger partial charge on any atom is -0.316 e. The van der Waals surface area contributed by atoms with Gasteiger partial charge in [-0.15, -0.1) is 0 Å². The van der Waals surface area contributed by atoms with Crippen molar-refractivity contribution < 1.29 is 0 Å². The quantitative estimate of drug-likeness (QED) is 0.869. The first-order valence-corrected chi connectivity index (χ1v) is 7.38. The molecule has 18 heavy (non-hydrogen) atoms. The molecule has 2 rings (SSSR count). The molecule has 0 saturated heterocycles. The smallest absolute Gasteiger partial charge is 0.0640 e. The molecule has 3 nitrogen and oxygen atoms in total. The van der Waals surface area contributed by atoms with Gasteiger partial charge in [-0.25, -0.2) is 0 Å². The van der Waals surface area contributed by atoms with Crippen molar-refractivity contribution in [2.24, 2.45) is 18.9 Å². The Labute approximate surface area is 111 Å². The molecule has 1 unspecified atom stereocenters. The standard InChI is InChI=1S/C15H27N3/c1-4-12-5-7-13(8-6-12)15(16-2)11-14-9-10-18(3)17-14/h9-10,12-13,15-16H,4-8,11H2,1-3H3. The van der Waals surface area contributed by atoms with Crippen LogP contribution in [0.15, 0.2) is 12.3 Å². The Morgan fingerprint density at radius 3 is 2.61 bits per heavy atom. The SMILES string of the molecule is CCC1CCC(C(Cc2ccn(C)n2)NC)CC1. The van der Waals surface area contributed by atoms with Gasteiger partial charge in [0.05, 0.1) is 5.69 Å². The summed E-state index contributed by atoms with van der Waals surface area (Å²) in [4.78, 5) is 0. The predicted octanol–water partition coefficient (Wildman–Crippen LogP) is 2.77. The molecule has 0 spiro atoms. The molecule has 0 aromatic carbocycles. The molecule has 1 heterocycles. The van der Waals surface area contributed by atoms with E-state index in [0.29, 0.717) is 6.04 Å². The number of aromatic nitrogens is 2. The van der Waals surface area contributed by atoms with Crippen LogP contribution in [0.3, 0.4) is 0 Å². The van der Waals surface area contributed by atoms with Crippen LogP contribution in [-0.2, 0) is 13.5 Å². The molecule has 102 valence electrons. The lowest BCUT2D eigenvalue weighted by Gasteiger charge is -2.33. The maximum absolute atomic E-state index is 4.50. The van der Waals surface area contributed by atoms with Crippen molar-refractivity contribution >= 4 is 0 Å². The zero-order valence-electron chi connectivity index (χ0n) is 12.0. The first-order chi connectivity index (χ1) is 8.72. The molecular formula is C15H27N3. The molecule has 1 aliphatic rings. The fourth-order valence-corrected chi connectivity index (χ4v) is 3.30. The summed E-state index contributed by atoms with van der Waals surface area (Å²) in [5.74, 6) is 1.81. The minimum absolute atomic E-state index is 0.595. The monoisotopic (exact) mass is 249 g/mol. The summed E-state index contributed by atoms with van der Waals surface area (Å²) in [6.07, 6.45) is 10.1. The second kappa shape index (κ2) is 6.37. The highest BCUT2D eigenvalue weighted by Crippen LogP contribution is 2.33. The third-order valence-electron chi connectivity index (χ3n) is 4.61. The summed E-state index contributed by atoms with van der Waals surface area (Å²) in [7, 11) is 4.09. The van der Waals surface area contributed by atoms with Crippen LogP contribution in [-0.4, -0.2) is 22.9 Å². The predicted molar refractivity (Wildman–Crippen MR) is 75.5 cm³/mol. The van der Waals surface area contributed by atoms with Crippen molar-refractivity contribution in [3.63, 3.8) is 0 Å². The van der Waals surface area contributed by atoms with Crippen LogP contribution in [0.4, 0.5) is 0 Å². The van der Waals surface area contributed by atoms with Gasteiger partial charge in [-0.1, -0.05) is 26.2 Å². The highest BCUT2D eigenvalue weighted by Gasteiger charge is 2.26. The second-order valence-electron chi connectivity index (χ2n) is 5.77. The molecular weight excluding hydrogens is 222 g/mol. The Kier molecular flexibility index (Phi) is 4.81. The summed E-state index contributed by atoms with van der Waals surface area (Å²) in [5, 5.41) is 8.01. The lowest BCUT2D eigenvalue weighted by atomic mass is 9.76. The van der Waals surface area contributed by atoms with Gasteiger partial charge in [-0.3, -0.25) is 4.68 Å². The molecule has 1 aromatic heterocycles. The Balaban J connectivity index is 1.89. The van der Waals surface area contributed by atoms with E-state index in [4.69, 9.17) is 0 Å². The van der Waals surface area contributed by atoms with Gasteiger partial charge in [-0.2, -0.15) is 5.10 Å². The first kappa shape index (κ1) is 13.6. The van der Waals surface area contributed by atoms with Gasteiger partial charge in [0.15, 0.2) is 0 Å². The van der Waals surface area contributed by atoms with E-state index < -0.39 is 0 Å². The molecule has 1 N–H and O–H groups in total. The van der Waals surface area contributed by atoms with Gasteiger partial charge in [0.2, 0.25) is 0 Å². The third kappa shape index (κ3) is 3.35. The zero-order chi connectivity index (χ0) is 13.0. The molecule has 3 heteroatoms. The van der Waals surface area contributed by atoms with Gasteiger partial charge in [0, 0.05) is 25.7 Å². The number of aryl methyl sites for hydroxylation is 1. The normalized spacial score (nSPS) is 26.2. The third-order valence-corrected chi connectivity index (χ3v) is 4.61. The maximum atomic E-state index is 4.50. The van der Waals surface area contributed by atoms with Gasteiger partial charge in [0.25, 0.3) is 0 Å². The van der Waals surface area contributed by atoms with Crippen molar-refractivity contribution in [3.05, 3.63) is 18.0 Å². The number of hydrogen-bond acceptors (Lipinski definition) is 2. The fourth-order valence-electron chi connectivity index (χ4n) is 3.30. The van der Waals surface area contributed by atoms with E-state index in [2.05, 4.69) is 30.5 Å².